The number of rotatable bonds is 5. The molecule has 1 aromatic heterocycles. The Hall–Kier alpha value is -3.08. The zero-order valence-corrected chi connectivity index (χ0v) is 18.6. The normalized spacial score (nSPS) is 12.1. The van der Waals surface area contributed by atoms with Crippen LogP contribution in [0, 0.1) is 0 Å². The Morgan fingerprint density at radius 3 is 2.03 bits per heavy atom. The molecule has 0 atom stereocenters. The first-order chi connectivity index (χ1) is 13.9. The summed E-state index contributed by atoms with van der Waals surface area (Å²) in [7, 11) is 0. The predicted octanol–water partition coefficient (Wildman–Crippen LogP) is 4.50. The highest BCUT2D eigenvalue weighted by molar-refractivity contribution is 5.72. The van der Waals surface area contributed by atoms with Crippen LogP contribution in [0.25, 0.3) is 5.69 Å². The minimum atomic E-state index is -1.06. The highest BCUT2D eigenvalue weighted by atomic mass is 16.4. The second-order valence-corrected chi connectivity index (χ2v) is 9.70. The molecule has 0 spiro atoms. The molecule has 0 radical (unpaired) electrons. The van der Waals surface area contributed by atoms with E-state index in [1.54, 1.807) is 0 Å². The fourth-order valence-electron chi connectivity index (χ4n) is 3.68. The van der Waals surface area contributed by atoms with E-state index in [-0.39, 0.29) is 17.3 Å². The average Bonchev–Trinajstić information content (AvgIpc) is 3.09. The Morgan fingerprint density at radius 2 is 1.53 bits per heavy atom. The van der Waals surface area contributed by atoms with E-state index in [0.717, 1.165) is 33.9 Å². The Balaban J connectivity index is 2.05. The number of nitrogens with zero attached hydrogens (tertiary/aromatic N) is 2. The van der Waals surface area contributed by atoms with Crippen molar-refractivity contribution >= 4 is 17.5 Å². The number of anilines is 2. The highest BCUT2D eigenvalue weighted by Gasteiger charge is 2.26. The average molecular weight is 405 g/mol. The van der Waals surface area contributed by atoms with Gasteiger partial charge in [-0.25, -0.2) is 4.68 Å². The number of hydrogen-bond donors (Lipinski definition) is 1. The maximum absolute atomic E-state index is 11.5. The van der Waals surface area contributed by atoms with Crippen LogP contribution in [-0.2, 0) is 22.0 Å². The Kier molecular flexibility index (Phi) is 5.75. The zero-order valence-electron chi connectivity index (χ0n) is 18.6. The van der Waals surface area contributed by atoms with E-state index >= 15 is 0 Å². The topological polar surface area (TPSA) is 70.0 Å². The van der Waals surface area contributed by atoms with Gasteiger partial charge in [0.2, 0.25) is 0 Å². The van der Waals surface area contributed by atoms with Gasteiger partial charge in [0.1, 0.15) is 0 Å². The van der Waals surface area contributed by atoms with Gasteiger partial charge < -0.3 is 15.2 Å². The molecule has 0 aliphatic heterocycles. The summed E-state index contributed by atoms with van der Waals surface area (Å²) in [4.78, 5) is 11.5. The monoisotopic (exact) mass is 404 g/mol. The van der Waals surface area contributed by atoms with Crippen molar-refractivity contribution in [3.63, 3.8) is 0 Å². The summed E-state index contributed by atoms with van der Waals surface area (Å²) in [5.41, 5.74) is 4.30. The third-order valence-corrected chi connectivity index (χ3v) is 5.07. The minimum absolute atomic E-state index is 0.0951. The summed E-state index contributed by atoms with van der Waals surface area (Å²) in [6.07, 6.45) is 1.82. The summed E-state index contributed by atoms with van der Waals surface area (Å²) in [6.45, 7) is 12.6. The van der Waals surface area contributed by atoms with Crippen molar-refractivity contribution in [3.8, 4) is 5.69 Å². The minimum Gasteiger partial charge on any atom is -0.550 e. The second kappa shape index (κ2) is 7.98. The molecule has 5 heteroatoms. The van der Waals surface area contributed by atoms with E-state index in [4.69, 9.17) is 0 Å². The number of carbonyl (C=O) groups excluding carboxylic acids is 1. The number of carboxylic acid groups (broad SMARTS) is 1. The number of carboxylic acids is 1. The third-order valence-electron chi connectivity index (χ3n) is 5.07. The molecule has 0 saturated carbocycles. The fourth-order valence-corrected chi connectivity index (χ4v) is 3.68. The molecule has 0 aliphatic rings. The van der Waals surface area contributed by atoms with E-state index < -0.39 is 5.97 Å². The Morgan fingerprint density at radius 1 is 0.967 bits per heavy atom. The SMILES string of the molecule is CC(C)(C)c1cc(Nc2ccn(-c3ccccc3)n2)cc(C(C)(C)C)c1CC(=O)[O-]. The van der Waals surface area contributed by atoms with Crippen LogP contribution in [0.3, 0.4) is 0 Å². The molecule has 158 valence electrons. The fraction of sp³-hybridized carbons (Fsp3) is 0.360. The molecule has 1 heterocycles. The number of aromatic nitrogens is 2. The quantitative estimate of drug-likeness (QED) is 0.680. The molecule has 0 saturated heterocycles. The first-order valence-corrected chi connectivity index (χ1v) is 10.2. The summed E-state index contributed by atoms with van der Waals surface area (Å²) >= 11 is 0. The van der Waals surface area contributed by atoms with Crippen LogP contribution in [0.1, 0.15) is 58.2 Å². The number of nitrogens with one attached hydrogen (secondary N) is 1. The van der Waals surface area contributed by atoms with Gasteiger partial charge in [0.25, 0.3) is 0 Å². The van der Waals surface area contributed by atoms with Crippen LogP contribution >= 0.6 is 0 Å². The highest BCUT2D eigenvalue weighted by Crippen LogP contribution is 2.37. The maximum Gasteiger partial charge on any atom is 0.152 e. The van der Waals surface area contributed by atoms with Gasteiger partial charge in [-0.1, -0.05) is 59.7 Å². The summed E-state index contributed by atoms with van der Waals surface area (Å²) in [5, 5.41) is 19.5. The van der Waals surface area contributed by atoms with E-state index in [1.165, 1.54) is 0 Å². The van der Waals surface area contributed by atoms with Gasteiger partial charge in [0, 0.05) is 30.3 Å². The number of hydrogen-bond acceptors (Lipinski definition) is 4. The number of benzene rings is 2. The van der Waals surface area contributed by atoms with Gasteiger partial charge in [-0.3, -0.25) is 0 Å². The molecule has 1 N–H and O–H groups in total. The number of para-hydroxylation sites is 1. The van der Waals surface area contributed by atoms with Gasteiger partial charge >= 0.3 is 0 Å². The molecule has 2 aromatic carbocycles. The predicted molar refractivity (Wildman–Crippen MR) is 119 cm³/mol. The van der Waals surface area contributed by atoms with Crippen molar-refractivity contribution < 1.29 is 9.90 Å². The van der Waals surface area contributed by atoms with Crippen molar-refractivity contribution in [2.45, 2.75) is 58.8 Å². The molecule has 3 aromatic rings. The van der Waals surface area contributed by atoms with Gasteiger partial charge in [0.05, 0.1) is 5.69 Å². The van der Waals surface area contributed by atoms with Gasteiger partial charge in [0.15, 0.2) is 5.82 Å². The lowest BCUT2D eigenvalue weighted by Crippen LogP contribution is -2.29. The zero-order chi connectivity index (χ0) is 22.1. The van der Waals surface area contributed by atoms with Crippen LogP contribution < -0.4 is 10.4 Å². The molecule has 3 rings (SSSR count). The van der Waals surface area contributed by atoms with Crippen LogP contribution in [0.2, 0.25) is 0 Å². The van der Waals surface area contributed by atoms with Gasteiger partial charge in [-0.15, -0.1) is 0 Å². The van der Waals surface area contributed by atoms with Crippen molar-refractivity contribution in [2.75, 3.05) is 5.32 Å². The molecular weight excluding hydrogens is 374 g/mol. The van der Waals surface area contributed by atoms with Gasteiger partial charge in [-0.05, 0) is 51.8 Å². The van der Waals surface area contributed by atoms with E-state index in [2.05, 4.69) is 52.0 Å². The second-order valence-electron chi connectivity index (χ2n) is 9.70. The van der Waals surface area contributed by atoms with Crippen LogP contribution in [0.15, 0.2) is 54.7 Å². The smallest absolute Gasteiger partial charge is 0.152 e. The molecule has 0 unspecified atom stereocenters. The Bertz CT molecular complexity index is 1000. The molecule has 0 aliphatic carbocycles. The van der Waals surface area contributed by atoms with Crippen LogP contribution in [-0.4, -0.2) is 15.7 Å². The van der Waals surface area contributed by atoms with E-state index in [9.17, 15) is 9.90 Å². The summed E-state index contributed by atoms with van der Waals surface area (Å²) in [5.74, 6) is -0.334. The summed E-state index contributed by atoms with van der Waals surface area (Å²) < 4.78 is 1.82. The molecule has 5 nitrogen and oxygen atoms in total. The lowest BCUT2D eigenvalue weighted by atomic mass is 9.75. The Labute approximate surface area is 178 Å². The number of aliphatic carboxylic acids is 1. The molecule has 0 fully saturated rings. The molecule has 0 amide bonds. The standard InChI is InChI=1S/C25H31N3O2/c1-24(2,3)20-14-17(15-21(25(4,5)6)19(20)16-23(29)30)26-22-12-13-28(27-22)18-10-8-7-9-11-18/h7-15H,16H2,1-6H3,(H,26,27)(H,29,30)/p-1. The third kappa shape index (κ3) is 4.90. The maximum atomic E-state index is 11.5. The number of carbonyl (C=O) groups is 1. The van der Waals surface area contributed by atoms with E-state index in [0.29, 0.717) is 0 Å². The lowest BCUT2D eigenvalue weighted by Gasteiger charge is -2.31. The van der Waals surface area contributed by atoms with Gasteiger partial charge in [-0.2, -0.15) is 5.10 Å². The van der Waals surface area contributed by atoms with Crippen molar-refractivity contribution in [2.24, 2.45) is 0 Å². The first-order valence-electron chi connectivity index (χ1n) is 10.2. The van der Waals surface area contributed by atoms with E-state index in [1.807, 2.05) is 59.4 Å². The van der Waals surface area contributed by atoms with Crippen LogP contribution in [0.4, 0.5) is 11.5 Å². The van der Waals surface area contributed by atoms with Crippen molar-refractivity contribution in [3.05, 3.63) is 71.4 Å². The summed E-state index contributed by atoms with van der Waals surface area (Å²) in [6, 6.07) is 15.9. The molecular formula is C25H30N3O2-. The van der Waals surface area contributed by atoms with Crippen molar-refractivity contribution in [1.82, 2.24) is 9.78 Å². The first kappa shape index (κ1) is 21.6. The van der Waals surface area contributed by atoms with Crippen LogP contribution in [0.5, 0.6) is 0 Å². The van der Waals surface area contributed by atoms with Crippen molar-refractivity contribution in [1.29, 1.82) is 0 Å². The largest absolute Gasteiger partial charge is 0.550 e. The molecule has 30 heavy (non-hydrogen) atoms. The lowest BCUT2D eigenvalue weighted by molar-refractivity contribution is -0.304. The molecule has 0 bridgehead atoms.